The van der Waals surface area contributed by atoms with Crippen LogP contribution in [0.5, 0.6) is 0 Å². The van der Waals surface area contributed by atoms with Gasteiger partial charge in [0.25, 0.3) is 0 Å². The van der Waals surface area contributed by atoms with Gasteiger partial charge in [0.05, 0.1) is 5.69 Å². The highest BCUT2D eigenvalue weighted by Crippen LogP contribution is 2.33. The number of pyridine rings is 1. The van der Waals surface area contributed by atoms with Crippen molar-refractivity contribution in [3.05, 3.63) is 65.3 Å². The molecule has 0 saturated heterocycles. The quantitative estimate of drug-likeness (QED) is 0.485. The number of nitrogens with two attached hydrogens (primary N) is 1. The van der Waals surface area contributed by atoms with E-state index in [1.54, 1.807) is 13.2 Å². The standard InChI is InChI=1S/C21H16BrN5O/c1-27(12-28)16-7-5-13(6-8-16)19-10-17(14-3-2-4-15(22)9-14)18-11-24-21(23)26-20(18)25-19/h2-12H,1H3,(H2,23,24,25,26). The van der Waals surface area contributed by atoms with Crippen LogP contribution in [0.3, 0.4) is 0 Å². The molecular formula is C21H16BrN5O. The molecule has 28 heavy (non-hydrogen) atoms. The number of nitrogens with zero attached hydrogens (tertiary/aromatic N) is 4. The van der Waals surface area contributed by atoms with E-state index < -0.39 is 0 Å². The lowest BCUT2D eigenvalue weighted by atomic mass is 10.0. The second-order valence-corrected chi connectivity index (χ2v) is 7.21. The van der Waals surface area contributed by atoms with Crippen LogP contribution in [0.4, 0.5) is 11.6 Å². The van der Waals surface area contributed by atoms with Gasteiger partial charge in [-0.25, -0.2) is 9.97 Å². The summed E-state index contributed by atoms with van der Waals surface area (Å²) in [5.41, 5.74) is 10.8. The average molecular weight is 434 g/mol. The maximum atomic E-state index is 11.0. The van der Waals surface area contributed by atoms with Crippen molar-refractivity contribution in [3.63, 3.8) is 0 Å². The molecule has 0 aliphatic carbocycles. The molecule has 4 rings (SSSR count). The average Bonchev–Trinajstić information content (AvgIpc) is 2.72. The van der Waals surface area contributed by atoms with Crippen LogP contribution >= 0.6 is 15.9 Å². The van der Waals surface area contributed by atoms with E-state index in [0.29, 0.717) is 5.65 Å². The Morgan fingerprint density at radius 2 is 1.82 bits per heavy atom. The number of carbonyl (C=O) groups is 1. The lowest BCUT2D eigenvalue weighted by Gasteiger charge is -2.13. The van der Waals surface area contributed by atoms with E-state index in [9.17, 15) is 4.79 Å². The Morgan fingerprint density at radius 3 is 2.54 bits per heavy atom. The molecule has 0 atom stereocenters. The molecule has 2 aromatic carbocycles. The molecule has 2 heterocycles. The van der Waals surface area contributed by atoms with Crippen LogP contribution in [0.1, 0.15) is 0 Å². The molecular weight excluding hydrogens is 418 g/mol. The van der Waals surface area contributed by atoms with Crippen LogP contribution < -0.4 is 10.6 Å². The summed E-state index contributed by atoms with van der Waals surface area (Å²) in [6.07, 6.45) is 2.47. The molecule has 0 aliphatic heterocycles. The van der Waals surface area contributed by atoms with Gasteiger partial charge in [0.2, 0.25) is 12.4 Å². The molecule has 0 radical (unpaired) electrons. The Labute approximate surface area is 170 Å². The van der Waals surface area contributed by atoms with E-state index in [4.69, 9.17) is 5.73 Å². The summed E-state index contributed by atoms with van der Waals surface area (Å²) in [6.45, 7) is 0. The third-order valence-electron chi connectivity index (χ3n) is 4.45. The van der Waals surface area contributed by atoms with Crippen molar-refractivity contribution in [2.45, 2.75) is 0 Å². The zero-order valence-electron chi connectivity index (χ0n) is 15.0. The Morgan fingerprint density at radius 1 is 1.04 bits per heavy atom. The monoisotopic (exact) mass is 433 g/mol. The molecule has 0 aliphatic rings. The first-order valence-corrected chi connectivity index (χ1v) is 9.32. The van der Waals surface area contributed by atoms with Gasteiger partial charge in [0, 0.05) is 34.4 Å². The van der Waals surface area contributed by atoms with Crippen molar-refractivity contribution >= 4 is 45.0 Å². The summed E-state index contributed by atoms with van der Waals surface area (Å²) in [5, 5.41) is 0.827. The number of hydrogen-bond donors (Lipinski definition) is 1. The van der Waals surface area contributed by atoms with Gasteiger partial charge in [-0.1, -0.05) is 40.2 Å². The summed E-state index contributed by atoms with van der Waals surface area (Å²) < 4.78 is 0.981. The predicted molar refractivity (Wildman–Crippen MR) is 115 cm³/mol. The molecule has 6 nitrogen and oxygen atoms in total. The summed E-state index contributed by atoms with van der Waals surface area (Å²) in [7, 11) is 1.71. The first-order valence-electron chi connectivity index (χ1n) is 8.53. The van der Waals surface area contributed by atoms with Crippen molar-refractivity contribution < 1.29 is 4.79 Å². The van der Waals surface area contributed by atoms with Gasteiger partial charge in [-0.15, -0.1) is 0 Å². The summed E-state index contributed by atoms with van der Waals surface area (Å²) in [6, 6.07) is 17.7. The first-order chi connectivity index (χ1) is 13.5. The minimum atomic E-state index is 0.181. The van der Waals surface area contributed by atoms with Gasteiger partial charge < -0.3 is 10.6 Å². The maximum Gasteiger partial charge on any atom is 0.222 e. The fraction of sp³-hybridized carbons (Fsp3) is 0.0476. The largest absolute Gasteiger partial charge is 0.368 e. The zero-order valence-corrected chi connectivity index (χ0v) is 16.6. The Hall–Kier alpha value is -3.32. The van der Waals surface area contributed by atoms with Crippen molar-refractivity contribution in [1.82, 2.24) is 15.0 Å². The van der Waals surface area contributed by atoms with Crippen molar-refractivity contribution in [1.29, 1.82) is 0 Å². The van der Waals surface area contributed by atoms with E-state index in [-0.39, 0.29) is 5.95 Å². The minimum absolute atomic E-state index is 0.181. The van der Waals surface area contributed by atoms with Gasteiger partial charge in [-0.2, -0.15) is 4.98 Å². The molecule has 0 unspecified atom stereocenters. The Balaban J connectivity index is 1.91. The van der Waals surface area contributed by atoms with Crippen LogP contribution in [0.2, 0.25) is 0 Å². The van der Waals surface area contributed by atoms with Crippen LogP contribution in [0, 0.1) is 0 Å². The highest BCUT2D eigenvalue weighted by atomic mass is 79.9. The topological polar surface area (TPSA) is 85.0 Å². The predicted octanol–water partition coefficient (Wildman–Crippen LogP) is 4.30. The second-order valence-electron chi connectivity index (χ2n) is 6.29. The van der Waals surface area contributed by atoms with Gasteiger partial charge in [0.1, 0.15) is 0 Å². The number of rotatable bonds is 4. The molecule has 2 aromatic heterocycles. The maximum absolute atomic E-state index is 11.0. The number of hydrogen-bond acceptors (Lipinski definition) is 5. The number of halogens is 1. The number of aromatic nitrogens is 3. The van der Waals surface area contributed by atoms with Crippen LogP contribution in [0.15, 0.2) is 65.3 Å². The first kappa shape index (κ1) is 18.1. The zero-order chi connectivity index (χ0) is 19.7. The number of anilines is 2. The van der Waals surface area contributed by atoms with Crippen molar-refractivity contribution in [2.75, 3.05) is 17.7 Å². The molecule has 1 amide bonds. The lowest BCUT2D eigenvalue weighted by Crippen LogP contribution is -2.13. The summed E-state index contributed by atoms with van der Waals surface area (Å²) in [5.74, 6) is 0.181. The van der Waals surface area contributed by atoms with E-state index in [1.807, 2.05) is 54.6 Å². The molecule has 4 aromatic rings. The number of fused-ring (bicyclic) bond motifs is 1. The molecule has 0 fully saturated rings. The van der Waals surface area contributed by atoms with E-state index >= 15 is 0 Å². The fourth-order valence-electron chi connectivity index (χ4n) is 2.99. The smallest absolute Gasteiger partial charge is 0.222 e. The number of nitrogen functional groups attached to an aromatic ring is 1. The van der Waals surface area contributed by atoms with Gasteiger partial charge in [-0.3, -0.25) is 4.79 Å². The minimum Gasteiger partial charge on any atom is -0.368 e. The Bertz CT molecular complexity index is 1180. The molecule has 0 bridgehead atoms. The highest BCUT2D eigenvalue weighted by Gasteiger charge is 2.12. The molecule has 138 valence electrons. The van der Waals surface area contributed by atoms with Gasteiger partial charge >= 0.3 is 0 Å². The molecule has 2 N–H and O–H groups in total. The lowest BCUT2D eigenvalue weighted by molar-refractivity contribution is -0.107. The molecule has 0 saturated carbocycles. The third kappa shape index (κ3) is 3.44. The van der Waals surface area contributed by atoms with Crippen LogP contribution in [0.25, 0.3) is 33.4 Å². The summed E-state index contributed by atoms with van der Waals surface area (Å²) in [4.78, 5) is 25.6. The van der Waals surface area contributed by atoms with E-state index in [2.05, 4.69) is 30.9 Å². The van der Waals surface area contributed by atoms with E-state index in [1.165, 1.54) is 4.90 Å². The number of carbonyl (C=O) groups excluding carboxylic acids is 1. The van der Waals surface area contributed by atoms with Crippen LogP contribution in [-0.2, 0) is 4.79 Å². The summed E-state index contributed by atoms with van der Waals surface area (Å²) >= 11 is 3.53. The van der Waals surface area contributed by atoms with E-state index in [0.717, 1.165) is 44.3 Å². The van der Waals surface area contributed by atoms with Crippen molar-refractivity contribution in [2.24, 2.45) is 0 Å². The Kier molecular flexibility index (Phi) is 4.75. The molecule has 7 heteroatoms. The van der Waals surface area contributed by atoms with Gasteiger partial charge in [0.15, 0.2) is 5.65 Å². The fourth-order valence-corrected chi connectivity index (χ4v) is 3.39. The molecule has 0 spiro atoms. The van der Waals surface area contributed by atoms with Crippen molar-refractivity contribution in [3.8, 4) is 22.4 Å². The number of amides is 1. The highest BCUT2D eigenvalue weighted by molar-refractivity contribution is 9.10. The normalized spacial score (nSPS) is 10.8. The second kappa shape index (κ2) is 7.36. The number of benzene rings is 2. The van der Waals surface area contributed by atoms with Crippen LogP contribution in [-0.4, -0.2) is 28.4 Å². The SMILES string of the molecule is CN(C=O)c1ccc(-c2cc(-c3cccc(Br)c3)c3cnc(N)nc3n2)cc1. The third-order valence-corrected chi connectivity index (χ3v) is 4.94. The van der Waals surface area contributed by atoms with Gasteiger partial charge in [-0.05, 0) is 41.5 Å².